The van der Waals surface area contributed by atoms with Crippen LogP contribution in [-0.4, -0.2) is 24.3 Å². The largest absolute Gasteiger partial charge is 0.455 e. The summed E-state index contributed by atoms with van der Waals surface area (Å²) in [6, 6.07) is 11.9. The number of ether oxygens (including phenoxy) is 1. The number of halogens is 1. The highest BCUT2D eigenvalue weighted by Gasteiger charge is 2.10. The Morgan fingerprint density at radius 3 is 2.46 bits per heavy atom. The van der Waals surface area contributed by atoms with E-state index in [0.717, 1.165) is 0 Å². The molecule has 1 N–H and O–H groups in total. The molecule has 0 saturated heterocycles. The van der Waals surface area contributed by atoms with Crippen molar-refractivity contribution in [3.8, 4) is 0 Å². The molecule has 0 aromatic heterocycles. The third-order valence-electron chi connectivity index (χ3n) is 3.18. The lowest BCUT2D eigenvalue weighted by molar-refractivity contribution is -0.146. The van der Waals surface area contributed by atoms with Crippen molar-refractivity contribution in [1.82, 2.24) is 0 Å². The summed E-state index contributed by atoms with van der Waals surface area (Å²) in [6.45, 7) is 0.989. The van der Waals surface area contributed by atoms with Crippen LogP contribution in [0.25, 0.3) is 0 Å². The summed E-state index contributed by atoms with van der Waals surface area (Å²) in [7, 11) is 0. The minimum Gasteiger partial charge on any atom is -0.455 e. The van der Waals surface area contributed by atoms with Crippen LogP contribution in [0.1, 0.15) is 22.8 Å². The fourth-order valence-corrected chi connectivity index (χ4v) is 1.98. The second-order valence-corrected chi connectivity index (χ2v) is 5.15. The van der Waals surface area contributed by atoms with E-state index in [1.807, 2.05) is 0 Å². The number of hydrogen-bond acceptors (Lipinski definition) is 4. The molecular formula is C18H16FNO4. The second-order valence-electron chi connectivity index (χ2n) is 5.15. The van der Waals surface area contributed by atoms with Crippen LogP contribution in [0.5, 0.6) is 0 Å². The SMILES string of the molecule is CC(=O)c1cccc(NC(=O)COC(=O)Cc2ccc(F)cc2)c1. The zero-order valence-corrected chi connectivity index (χ0v) is 13.0. The van der Waals surface area contributed by atoms with Crippen molar-refractivity contribution in [2.24, 2.45) is 0 Å². The Balaban J connectivity index is 1.82. The van der Waals surface area contributed by atoms with Gasteiger partial charge in [-0.15, -0.1) is 0 Å². The molecule has 0 fully saturated rings. The molecule has 1 amide bonds. The molecule has 0 radical (unpaired) electrons. The van der Waals surface area contributed by atoms with Gasteiger partial charge in [-0.3, -0.25) is 14.4 Å². The van der Waals surface area contributed by atoms with E-state index >= 15 is 0 Å². The lowest BCUT2D eigenvalue weighted by Crippen LogP contribution is -2.21. The van der Waals surface area contributed by atoms with Crippen LogP contribution in [0.3, 0.4) is 0 Å². The minimum absolute atomic E-state index is 0.0482. The first kappa shape index (κ1) is 17.3. The molecule has 0 saturated carbocycles. The molecule has 6 heteroatoms. The fourth-order valence-electron chi connectivity index (χ4n) is 1.98. The maximum Gasteiger partial charge on any atom is 0.310 e. The number of anilines is 1. The zero-order valence-electron chi connectivity index (χ0n) is 13.0. The lowest BCUT2D eigenvalue weighted by atomic mass is 10.1. The monoisotopic (exact) mass is 329 g/mol. The topological polar surface area (TPSA) is 72.5 Å². The van der Waals surface area contributed by atoms with Gasteiger partial charge in [0, 0.05) is 11.3 Å². The molecule has 0 bridgehead atoms. The van der Waals surface area contributed by atoms with Gasteiger partial charge in [0.15, 0.2) is 12.4 Å². The normalized spacial score (nSPS) is 10.1. The Morgan fingerprint density at radius 1 is 1.08 bits per heavy atom. The lowest BCUT2D eigenvalue weighted by Gasteiger charge is -2.07. The first-order valence-corrected chi connectivity index (χ1v) is 7.25. The number of Topliss-reactive ketones (excluding diaryl/α,β-unsaturated/α-hetero) is 1. The van der Waals surface area contributed by atoms with E-state index in [0.29, 0.717) is 16.8 Å². The summed E-state index contributed by atoms with van der Waals surface area (Å²) in [5.41, 5.74) is 1.51. The third kappa shape index (κ3) is 5.31. The molecule has 2 aromatic rings. The molecule has 2 aromatic carbocycles. The van der Waals surface area contributed by atoms with Crippen molar-refractivity contribution in [3.05, 3.63) is 65.5 Å². The molecule has 0 unspecified atom stereocenters. The predicted octanol–water partition coefficient (Wildman–Crippen LogP) is 2.75. The fraction of sp³-hybridized carbons (Fsp3) is 0.167. The number of carbonyl (C=O) groups is 3. The van der Waals surface area contributed by atoms with Gasteiger partial charge >= 0.3 is 5.97 Å². The van der Waals surface area contributed by atoms with E-state index in [4.69, 9.17) is 4.74 Å². The van der Waals surface area contributed by atoms with Crippen LogP contribution < -0.4 is 5.32 Å². The average molecular weight is 329 g/mol. The molecule has 124 valence electrons. The van der Waals surface area contributed by atoms with Gasteiger partial charge in [0.2, 0.25) is 0 Å². The van der Waals surface area contributed by atoms with E-state index in [-0.39, 0.29) is 18.0 Å². The van der Waals surface area contributed by atoms with Crippen LogP contribution in [0.4, 0.5) is 10.1 Å². The summed E-state index contributed by atoms with van der Waals surface area (Å²) in [4.78, 5) is 34.7. The molecule has 0 heterocycles. The number of esters is 1. The van der Waals surface area contributed by atoms with Gasteiger partial charge in [0.1, 0.15) is 5.82 Å². The van der Waals surface area contributed by atoms with Crippen molar-refractivity contribution in [1.29, 1.82) is 0 Å². The summed E-state index contributed by atoms with van der Waals surface area (Å²) >= 11 is 0. The van der Waals surface area contributed by atoms with Gasteiger partial charge in [-0.05, 0) is 36.8 Å². The van der Waals surface area contributed by atoms with E-state index in [1.54, 1.807) is 24.3 Å². The van der Waals surface area contributed by atoms with Crippen LogP contribution in [-0.2, 0) is 20.7 Å². The molecule has 0 aliphatic rings. The minimum atomic E-state index is -0.589. The van der Waals surface area contributed by atoms with E-state index < -0.39 is 18.5 Å². The highest BCUT2D eigenvalue weighted by atomic mass is 19.1. The third-order valence-corrected chi connectivity index (χ3v) is 3.18. The summed E-state index contributed by atoms with van der Waals surface area (Å²) < 4.78 is 17.6. The van der Waals surface area contributed by atoms with Gasteiger partial charge in [0.25, 0.3) is 5.91 Å². The number of rotatable bonds is 6. The molecular weight excluding hydrogens is 313 g/mol. The Morgan fingerprint density at radius 2 is 1.79 bits per heavy atom. The number of benzene rings is 2. The molecule has 5 nitrogen and oxygen atoms in total. The Bertz CT molecular complexity index is 756. The number of amides is 1. The van der Waals surface area contributed by atoms with E-state index in [9.17, 15) is 18.8 Å². The van der Waals surface area contributed by atoms with Crippen molar-refractivity contribution >= 4 is 23.3 Å². The quantitative estimate of drug-likeness (QED) is 0.653. The van der Waals surface area contributed by atoms with Gasteiger partial charge in [-0.2, -0.15) is 0 Å². The van der Waals surface area contributed by atoms with Crippen molar-refractivity contribution < 1.29 is 23.5 Å². The smallest absolute Gasteiger partial charge is 0.310 e. The molecule has 0 aliphatic heterocycles. The Labute approximate surface area is 138 Å². The maximum atomic E-state index is 12.8. The molecule has 2 rings (SSSR count). The first-order chi connectivity index (χ1) is 11.4. The highest BCUT2D eigenvalue weighted by Crippen LogP contribution is 2.11. The van der Waals surface area contributed by atoms with Crippen molar-refractivity contribution in [3.63, 3.8) is 0 Å². The summed E-state index contributed by atoms with van der Waals surface area (Å²) in [6.07, 6.45) is -0.0482. The van der Waals surface area contributed by atoms with Crippen LogP contribution >= 0.6 is 0 Å². The van der Waals surface area contributed by atoms with Crippen LogP contribution in [0.2, 0.25) is 0 Å². The first-order valence-electron chi connectivity index (χ1n) is 7.25. The summed E-state index contributed by atoms with van der Waals surface area (Å²) in [5.74, 6) is -1.60. The van der Waals surface area contributed by atoms with Crippen molar-refractivity contribution in [2.45, 2.75) is 13.3 Å². The van der Waals surface area contributed by atoms with Gasteiger partial charge in [-0.1, -0.05) is 24.3 Å². The highest BCUT2D eigenvalue weighted by molar-refractivity contribution is 5.97. The Kier molecular flexibility index (Phi) is 5.78. The van der Waals surface area contributed by atoms with Gasteiger partial charge in [-0.25, -0.2) is 4.39 Å². The van der Waals surface area contributed by atoms with E-state index in [1.165, 1.54) is 31.2 Å². The number of nitrogens with one attached hydrogen (secondary N) is 1. The molecule has 0 atom stereocenters. The van der Waals surface area contributed by atoms with Crippen LogP contribution in [0, 0.1) is 5.82 Å². The molecule has 0 spiro atoms. The maximum absolute atomic E-state index is 12.8. The number of carbonyl (C=O) groups excluding carboxylic acids is 3. The predicted molar refractivity (Wildman–Crippen MR) is 86.1 cm³/mol. The van der Waals surface area contributed by atoms with Gasteiger partial charge < -0.3 is 10.1 Å². The molecule has 24 heavy (non-hydrogen) atoms. The standard InChI is InChI=1S/C18H16FNO4/c1-12(21)14-3-2-4-16(10-14)20-17(22)11-24-18(23)9-13-5-7-15(19)8-6-13/h2-8,10H,9,11H2,1H3,(H,20,22). The average Bonchev–Trinajstić information content (AvgIpc) is 2.55. The number of hydrogen-bond donors (Lipinski definition) is 1. The second kappa shape index (κ2) is 8.01. The number of ketones is 1. The molecule has 0 aliphatic carbocycles. The van der Waals surface area contributed by atoms with Crippen LogP contribution in [0.15, 0.2) is 48.5 Å². The zero-order chi connectivity index (χ0) is 17.5. The summed E-state index contributed by atoms with van der Waals surface area (Å²) in [5, 5.41) is 2.55. The Hall–Kier alpha value is -3.02. The van der Waals surface area contributed by atoms with Gasteiger partial charge in [0.05, 0.1) is 6.42 Å². The van der Waals surface area contributed by atoms with E-state index in [2.05, 4.69) is 5.32 Å². The van der Waals surface area contributed by atoms with Crippen molar-refractivity contribution in [2.75, 3.05) is 11.9 Å².